The third-order valence-corrected chi connectivity index (χ3v) is 5.39. The number of anilines is 1. The van der Waals surface area contributed by atoms with Crippen LogP contribution in [-0.4, -0.2) is 66.7 Å². The topological polar surface area (TPSA) is 111 Å². The van der Waals surface area contributed by atoms with E-state index in [1.165, 1.54) is 32.4 Å². The largest absolute Gasteiger partial charge is 0.369 e. The van der Waals surface area contributed by atoms with E-state index in [2.05, 4.69) is 51.9 Å². The molecule has 1 aliphatic rings. The lowest BCUT2D eigenvalue weighted by Crippen LogP contribution is -2.31. The molecule has 28 heavy (non-hydrogen) atoms. The van der Waals surface area contributed by atoms with E-state index in [9.17, 15) is 0 Å². The molecule has 5 rings (SSSR count). The molecule has 9 heteroatoms. The molecule has 0 amide bonds. The molecule has 0 aliphatic carbocycles. The van der Waals surface area contributed by atoms with Crippen molar-refractivity contribution in [3.05, 3.63) is 24.5 Å². The number of H-pyrrole nitrogens is 2. The van der Waals surface area contributed by atoms with Crippen LogP contribution < -0.4 is 5.32 Å². The van der Waals surface area contributed by atoms with Gasteiger partial charge in [-0.05, 0) is 50.2 Å². The number of rotatable bonds is 6. The van der Waals surface area contributed by atoms with Crippen molar-refractivity contribution in [3.8, 4) is 11.4 Å². The second-order valence-corrected chi connectivity index (χ2v) is 7.25. The Labute approximate surface area is 161 Å². The number of piperidine rings is 1. The van der Waals surface area contributed by atoms with E-state index in [-0.39, 0.29) is 0 Å². The van der Waals surface area contributed by atoms with E-state index < -0.39 is 0 Å². The van der Waals surface area contributed by atoms with Crippen LogP contribution in [0.1, 0.15) is 25.7 Å². The molecule has 144 valence electrons. The third-order valence-electron chi connectivity index (χ3n) is 5.39. The summed E-state index contributed by atoms with van der Waals surface area (Å²) in [5, 5.41) is 19.8. The van der Waals surface area contributed by atoms with Gasteiger partial charge in [0.15, 0.2) is 0 Å². The Bertz CT molecular complexity index is 1060. The summed E-state index contributed by atoms with van der Waals surface area (Å²) >= 11 is 0. The first-order valence-corrected chi connectivity index (χ1v) is 9.85. The molecule has 3 N–H and O–H groups in total. The third kappa shape index (κ3) is 3.29. The standard InChI is InChI=1S/C19H23N9/c1-2-8-28(9-3-1)10-4-7-20-18-16-14-6-5-13(17-24-26-27-25-17)11-15(14)23-19(16)22-12-21-18/h5-6,11-12H,1-4,7-10H2,(H2,20,21,22,23)(H,24,25,26,27). The first kappa shape index (κ1) is 17.1. The Hall–Kier alpha value is -3.07. The van der Waals surface area contributed by atoms with Gasteiger partial charge >= 0.3 is 0 Å². The minimum Gasteiger partial charge on any atom is -0.369 e. The van der Waals surface area contributed by atoms with Crippen molar-refractivity contribution in [1.82, 2.24) is 40.5 Å². The first-order chi connectivity index (χ1) is 13.9. The van der Waals surface area contributed by atoms with Gasteiger partial charge in [-0.25, -0.2) is 9.97 Å². The monoisotopic (exact) mass is 377 g/mol. The Morgan fingerprint density at radius 3 is 2.89 bits per heavy atom. The van der Waals surface area contributed by atoms with Crippen molar-refractivity contribution in [3.63, 3.8) is 0 Å². The van der Waals surface area contributed by atoms with Crippen molar-refractivity contribution >= 4 is 27.8 Å². The van der Waals surface area contributed by atoms with Crippen molar-refractivity contribution in [1.29, 1.82) is 0 Å². The van der Waals surface area contributed by atoms with Gasteiger partial charge in [0.1, 0.15) is 17.8 Å². The quantitative estimate of drug-likeness (QED) is 0.443. The van der Waals surface area contributed by atoms with Gasteiger partial charge in [-0.2, -0.15) is 5.21 Å². The SMILES string of the molecule is c1nc(NCCCN2CCCCC2)c2c(n1)[nH]c1cc(-c3nn[nH]n3)ccc12. The highest BCUT2D eigenvalue weighted by Gasteiger charge is 2.13. The zero-order valence-electron chi connectivity index (χ0n) is 15.6. The minimum atomic E-state index is 0.572. The molecule has 1 fully saturated rings. The van der Waals surface area contributed by atoms with Gasteiger partial charge in [0.25, 0.3) is 0 Å². The van der Waals surface area contributed by atoms with Crippen LogP contribution in [0.15, 0.2) is 24.5 Å². The molecule has 4 heterocycles. The summed E-state index contributed by atoms with van der Waals surface area (Å²) in [5.74, 6) is 1.45. The number of nitrogens with zero attached hydrogens (tertiary/aromatic N) is 6. The maximum Gasteiger partial charge on any atom is 0.204 e. The molecule has 0 bridgehead atoms. The summed E-state index contributed by atoms with van der Waals surface area (Å²) < 4.78 is 0. The predicted octanol–water partition coefficient (Wildman–Crippen LogP) is 2.58. The first-order valence-electron chi connectivity index (χ1n) is 9.85. The van der Waals surface area contributed by atoms with Gasteiger partial charge in [-0.15, -0.1) is 10.2 Å². The number of likely N-dealkylation sites (tertiary alicyclic amines) is 1. The van der Waals surface area contributed by atoms with E-state index in [4.69, 9.17) is 0 Å². The number of hydrogen-bond acceptors (Lipinski definition) is 7. The highest BCUT2D eigenvalue weighted by molar-refractivity contribution is 6.11. The van der Waals surface area contributed by atoms with Crippen LogP contribution >= 0.6 is 0 Å². The summed E-state index contributed by atoms with van der Waals surface area (Å²) in [6.45, 7) is 4.52. The van der Waals surface area contributed by atoms with E-state index in [1.807, 2.05) is 12.1 Å². The van der Waals surface area contributed by atoms with Crippen molar-refractivity contribution in [2.24, 2.45) is 0 Å². The van der Waals surface area contributed by atoms with Crippen LogP contribution in [0.25, 0.3) is 33.3 Å². The average molecular weight is 377 g/mol. The molecule has 1 aliphatic heterocycles. The Kier molecular flexibility index (Phi) is 4.58. The number of nitrogens with one attached hydrogen (secondary N) is 3. The van der Waals surface area contributed by atoms with Gasteiger partial charge in [0, 0.05) is 23.0 Å². The van der Waals surface area contributed by atoms with E-state index in [1.54, 1.807) is 6.33 Å². The zero-order valence-corrected chi connectivity index (χ0v) is 15.6. The summed E-state index contributed by atoms with van der Waals surface area (Å²) in [7, 11) is 0. The van der Waals surface area contributed by atoms with Crippen molar-refractivity contribution in [2.75, 3.05) is 31.5 Å². The van der Waals surface area contributed by atoms with Crippen LogP contribution in [0.2, 0.25) is 0 Å². The number of aromatic amines is 2. The smallest absolute Gasteiger partial charge is 0.204 e. The highest BCUT2D eigenvalue weighted by atomic mass is 15.5. The number of tetrazole rings is 1. The van der Waals surface area contributed by atoms with Gasteiger partial charge in [-0.3, -0.25) is 0 Å². The van der Waals surface area contributed by atoms with Crippen LogP contribution in [0.3, 0.4) is 0 Å². The van der Waals surface area contributed by atoms with Crippen molar-refractivity contribution in [2.45, 2.75) is 25.7 Å². The normalized spacial score (nSPS) is 15.4. The van der Waals surface area contributed by atoms with E-state index in [0.717, 1.165) is 52.8 Å². The molecule has 0 saturated carbocycles. The van der Waals surface area contributed by atoms with Gasteiger partial charge in [0.2, 0.25) is 5.82 Å². The van der Waals surface area contributed by atoms with Gasteiger partial charge in [0.05, 0.1) is 5.39 Å². The lowest BCUT2D eigenvalue weighted by Gasteiger charge is -2.26. The lowest BCUT2D eigenvalue weighted by atomic mass is 10.1. The summed E-state index contributed by atoms with van der Waals surface area (Å²) in [5.41, 5.74) is 2.71. The van der Waals surface area contributed by atoms with Crippen LogP contribution in [0.5, 0.6) is 0 Å². The maximum absolute atomic E-state index is 4.49. The molecular formula is C19H23N9. The average Bonchev–Trinajstić information content (AvgIpc) is 3.39. The molecule has 0 spiro atoms. The van der Waals surface area contributed by atoms with Gasteiger partial charge < -0.3 is 15.2 Å². The molecule has 1 saturated heterocycles. The predicted molar refractivity (Wildman–Crippen MR) is 108 cm³/mol. The fraction of sp³-hybridized carbons (Fsp3) is 0.421. The Balaban J connectivity index is 1.36. The number of hydrogen-bond donors (Lipinski definition) is 3. The highest BCUT2D eigenvalue weighted by Crippen LogP contribution is 2.31. The molecule has 0 radical (unpaired) electrons. The molecule has 9 nitrogen and oxygen atoms in total. The summed E-state index contributed by atoms with van der Waals surface area (Å²) in [6.07, 6.45) is 6.76. The molecule has 1 aromatic carbocycles. The Morgan fingerprint density at radius 1 is 1.11 bits per heavy atom. The summed E-state index contributed by atoms with van der Waals surface area (Å²) in [4.78, 5) is 14.8. The maximum atomic E-state index is 4.49. The fourth-order valence-corrected chi connectivity index (χ4v) is 3.98. The second-order valence-electron chi connectivity index (χ2n) is 7.25. The molecule has 4 aromatic rings. The number of fused-ring (bicyclic) bond motifs is 3. The van der Waals surface area contributed by atoms with E-state index >= 15 is 0 Å². The van der Waals surface area contributed by atoms with Gasteiger partial charge in [-0.1, -0.05) is 18.6 Å². The Morgan fingerprint density at radius 2 is 2.04 bits per heavy atom. The number of benzene rings is 1. The van der Waals surface area contributed by atoms with Crippen LogP contribution in [0, 0.1) is 0 Å². The lowest BCUT2D eigenvalue weighted by molar-refractivity contribution is 0.228. The molecular weight excluding hydrogens is 354 g/mol. The van der Waals surface area contributed by atoms with Crippen LogP contribution in [-0.2, 0) is 0 Å². The van der Waals surface area contributed by atoms with Crippen LogP contribution in [0.4, 0.5) is 5.82 Å². The minimum absolute atomic E-state index is 0.572. The molecule has 0 atom stereocenters. The number of aromatic nitrogens is 7. The molecule has 3 aromatic heterocycles. The van der Waals surface area contributed by atoms with Crippen molar-refractivity contribution < 1.29 is 0 Å². The summed E-state index contributed by atoms with van der Waals surface area (Å²) in [6, 6.07) is 6.07. The van der Waals surface area contributed by atoms with E-state index in [0.29, 0.717) is 5.82 Å². The molecule has 0 unspecified atom stereocenters. The zero-order chi connectivity index (χ0) is 18.8. The second kappa shape index (κ2) is 7.51. The fourth-order valence-electron chi connectivity index (χ4n) is 3.98.